The van der Waals surface area contributed by atoms with Crippen LogP contribution in [0, 0.1) is 0 Å². The van der Waals surface area contributed by atoms with E-state index >= 15 is 0 Å². The van der Waals surface area contributed by atoms with Crippen molar-refractivity contribution < 1.29 is 0 Å². The molecule has 15 aromatic rings. The molecule has 0 unspecified atom stereocenters. The van der Waals surface area contributed by atoms with Crippen LogP contribution in [-0.2, 0) is 0 Å². The molecule has 0 atom stereocenters. The summed E-state index contributed by atoms with van der Waals surface area (Å²) >= 11 is 0. The van der Waals surface area contributed by atoms with Gasteiger partial charge in [0, 0.05) is 50.6 Å². The molecule has 2 aliphatic heterocycles. The lowest BCUT2D eigenvalue weighted by Crippen LogP contribution is -2.61. The van der Waals surface area contributed by atoms with Crippen LogP contribution in [0.15, 0.2) is 340 Å². The quantitative estimate of drug-likeness (QED) is 0.126. The Morgan fingerprint density at radius 1 is 0.193 bits per heavy atom. The molecule has 4 heteroatoms. The molecule has 0 saturated carbocycles. The summed E-state index contributed by atoms with van der Waals surface area (Å²) < 4.78 is 2.41. The van der Waals surface area contributed by atoms with Crippen molar-refractivity contribution in [3.8, 4) is 83.6 Å². The molecule has 0 fully saturated rings. The van der Waals surface area contributed by atoms with Crippen LogP contribution < -0.4 is 26.2 Å². The van der Waals surface area contributed by atoms with Gasteiger partial charge in [-0.05, 0) is 185 Å². The third kappa shape index (κ3) is 8.76. The Balaban J connectivity index is 1.01. The van der Waals surface area contributed by atoms with Crippen LogP contribution in [-0.4, -0.2) is 11.3 Å². The number of hydrogen-bond donors (Lipinski definition) is 0. The second-order valence-corrected chi connectivity index (χ2v) is 23.2. The Morgan fingerprint density at radius 2 is 0.511 bits per heavy atom. The average Bonchev–Trinajstić information content (AvgIpc) is 0.845. The van der Waals surface area contributed by atoms with Gasteiger partial charge < -0.3 is 14.4 Å². The number of rotatable bonds is 10. The maximum atomic E-state index is 2.61. The van der Waals surface area contributed by atoms with E-state index in [0.29, 0.717) is 0 Å². The van der Waals surface area contributed by atoms with Crippen molar-refractivity contribution in [2.75, 3.05) is 9.80 Å². The van der Waals surface area contributed by atoms with Gasteiger partial charge in [0.05, 0.1) is 11.0 Å². The van der Waals surface area contributed by atoms with Gasteiger partial charge in [0.15, 0.2) is 0 Å². The highest BCUT2D eigenvalue weighted by Gasteiger charge is 2.44. The smallest absolute Gasteiger partial charge is 0.252 e. The average molecular weight is 1120 g/mol. The number of para-hydroxylation sites is 2. The van der Waals surface area contributed by atoms with Crippen LogP contribution in [0.1, 0.15) is 0 Å². The van der Waals surface area contributed by atoms with Gasteiger partial charge in [-0.2, -0.15) is 0 Å². The van der Waals surface area contributed by atoms with Crippen molar-refractivity contribution in [3.05, 3.63) is 340 Å². The molecule has 2 aliphatic rings. The first kappa shape index (κ1) is 51.0. The molecule has 0 spiro atoms. The van der Waals surface area contributed by atoms with E-state index in [1.807, 2.05) is 0 Å². The summed E-state index contributed by atoms with van der Waals surface area (Å²) in [5, 5.41) is 2.42. The zero-order valence-corrected chi connectivity index (χ0v) is 48.3. The van der Waals surface area contributed by atoms with Crippen molar-refractivity contribution >= 4 is 79.0 Å². The number of aromatic nitrogens is 1. The van der Waals surface area contributed by atoms with Crippen molar-refractivity contribution in [1.29, 1.82) is 0 Å². The van der Waals surface area contributed by atoms with Crippen LogP contribution >= 0.6 is 0 Å². The molecule has 3 heterocycles. The van der Waals surface area contributed by atoms with E-state index < -0.39 is 0 Å². The molecule has 0 amide bonds. The lowest BCUT2D eigenvalue weighted by molar-refractivity contribution is 1.18. The Kier molecular flexibility index (Phi) is 12.3. The minimum absolute atomic E-state index is 0.144. The highest BCUT2D eigenvalue weighted by molar-refractivity contribution is 7.00. The van der Waals surface area contributed by atoms with Crippen LogP contribution in [0.4, 0.5) is 34.1 Å². The SMILES string of the molecule is c1ccc(-c2cc(-c3ccccc3)cc(N3c4cc(-c5ccccc5)ccc4B4c5ccc(-c6ccccc6)cc5N(c5cc(-c6ccccc6)cc(-c6ccccc6)c5)c5cc(-c6ccc7c(c6)c6ccccc6n7-c6ccccc6)cc3c54)c2)cc1. The summed E-state index contributed by atoms with van der Waals surface area (Å²) in [5.74, 6) is 0. The summed E-state index contributed by atoms with van der Waals surface area (Å²) in [6, 6.07) is 126. The third-order valence-electron chi connectivity index (χ3n) is 18.1. The Morgan fingerprint density at radius 3 is 0.932 bits per heavy atom. The van der Waals surface area contributed by atoms with Gasteiger partial charge >= 0.3 is 0 Å². The van der Waals surface area contributed by atoms with Crippen LogP contribution in [0.25, 0.3) is 105 Å². The molecule has 17 rings (SSSR count). The predicted molar refractivity (Wildman–Crippen MR) is 373 cm³/mol. The predicted octanol–water partition coefficient (Wildman–Crippen LogP) is 20.5. The van der Waals surface area contributed by atoms with Crippen LogP contribution in [0.2, 0.25) is 0 Å². The van der Waals surface area contributed by atoms with E-state index in [4.69, 9.17) is 0 Å². The first-order chi connectivity index (χ1) is 43.6. The fourth-order valence-electron chi connectivity index (χ4n) is 14.0. The molecule has 3 nitrogen and oxygen atoms in total. The van der Waals surface area contributed by atoms with Gasteiger partial charge in [0.2, 0.25) is 0 Å². The van der Waals surface area contributed by atoms with Gasteiger partial charge in [-0.1, -0.05) is 249 Å². The summed E-state index contributed by atoms with van der Waals surface area (Å²) in [4.78, 5) is 5.22. The minimum Gasteiger partial charge on any atom is -0.311 e. The standard InChI is InChI=1S/C84H56BN3/c1-8-24-57(25-9-1)64-40-43-76-80(53-64)87(72-48-66(59-28-12-3-13-29-59)46-67(49-72)60-30-14-4-15-31-60)82-55-70(63-42-45-79-75(52-63)74-38-22-23-39-78(74)86(79)71-36-20-7-21-37-71)56-83-84(82)85(76)77-44-41-65(58-26-10-2-11-27-58)54-81(77)88(83)73-50-68(61-32-16-5-17-33-61)47-69(51-73)62-34-18-6-19-35-62/h1-56H. The van der Waals surface area contributed by atoms with E-state index in [2.05, 4.69) is 354 Å². The molecule has 0 N–H and O–H groups in total. The molecule has 0 saturated heterocycles. The van der Waals surface area contributed by atoms with E-state index in [1.165, 1.54) is 49.3 Å². The molecule has 0 bridgehead atoms. The topological polar surface area (TPSA) is 11.4 Å². The zero-order valence-electron chi connectivity index (χ0n) is 48.3. The second-order valence-electron chi connectivity index (χ2n) is 23.2. The van der Waals surface area contributed by atoms with Gasteiger partial charge in [-0.3, -0.25) is 0 Å². The monoisotopic (exact) mass is 1120 g/mol. The van der Waals surface area contributed by atoms with E-state index in [0.717, 1.165) is 107 Å². The Hall–Kier alpha value is -11.5. The molecular weight excluding hydrogens is 1060 g/mol. The third-order valence-corrected chi connectivity index (χ3v) is 18.1. The minimum atomic E-state index is -0.144. The molecule has 14 aromatic carbocycles. The maximum Gasteiger partial charge on any atom is 0.252 e. The number of benzene rings is 14. The summed E-state index contributed by atoms with van der Waals surface area (Å²) in [7, 11) is 0. The number of nitrogens with zero attached hydrogens (tertiary/aromatic N) is 3. The molecule has 0 aliphatic carbocycles. The molecular formula is C84H56BN3. The first-order valence-electron chi connectivity index (χ1n) is 30.4. The lowest BCUT2D eigenvalue weighted by atomic mass is 9.33. The summed E-state index contributed by atoms with van der Waals surface area (Å²) in [5.41, 5.74) is 30.1. The summed E-state index contributed by atoms with van der Waals surface area (Å²) in [6.45, 7) is -0.144. The summed E-state index contributed by atoms with van der Waals surface area (Å²) in [6.07, 6.45) is 0. The first-order valence-corrected chi connectivity index (χ1v) is 30.4. The normalized spacial score (nSPS) is 12.2. The van der Waals surface area contributed by atoms with Crippen molar-refractivity contribution in [2.24, 2.45) is 0 Å². The van der Waals surface area contributed by atoms with Crippen molar-refractivity contribution in [2.45, 2.75) is 0 Å². The maximum absolute atomic E-state index is 2.61. The Bertz CT molecular complexity index is 4770. The second kappa shape index (κ2) is 21.3. The fraction of sp³-hybridized carbons (Fsp3) is 0. The number of hydrogen-bond acceptors (Lipinski definition) is 2. The highest BCUT2D eigenvalue weighted by Crippen LogP contribution is 2.50. The van der Waals surface area contributed by atoms with Gasteiger partial charge in [0.1, 0.15) is 0 Å². The van der Waals surface area contributed by atoms with E-state index in [9.17, 15) is 0 Å². The van der Waals surface area contributed by atoms with Crippen LogP contribution in [0.3, 0.4) is 0 Å². The number of fused-ring (bicyclic) bond motifs is 7. The van der Waals surface area contributed by atoms with Gasteiger partial charge in [-0.15, -0.1) is 0 Å². The highest BCUT2D eigenvalue weighted by atomic mass is 15.2. The van der Waals surface area contributed by atoms with Crippen LogP contribution in [0.5, 0.6) is 0 Å². The van der Waals surface area contributed by atoms with E-state index in [1.54, 1.807) is 0 Å². The van der Waals surface area contributed by atoms with Gasteiger partial charge in [0.25, 0.3) is 6.71 Å². The lowest BCUT2D eigenvalue weighted by Gasteiger charge is -2.45. The molecule has 88 heavy (non-hydrogen) atoms. The molecule has 0 radical (unpaired) electrons. The van der Waals surface area contributed by atoms with Crippen molar-refractivity contribution in [3.63, 3.8) is 0 Å². The zero-order chi connectivity index (χ0) is 58.1. The van der Waals surface area contributed by atoms with E-state index in [-0.39, 0.29) is 6.71 Å². The van der Waals surface area contributed by atoms with Gasteiger partial charge in [-0.25, -0.2) is 0 Å². The van der Waals surface area contributed by atoms with Crippen molar-refractivity contribution in [1.82, 2.24) is 4.57 Å². The molecule has 410 valence electrons. The molecule has 1 aromatic heterocycles. The fourth-order valence-corrected chi connectivity index (χ4v) is 14.0. The number of anilines is 6. The Labute approximate surface area is 513 Å². The largest absolute Gasteiger partial charge is 0.311 e.